The predicted octanol–water partition coefficient (Wildman–Crippen LogP) is 0.793. The average molecular weight is 174 g/mol. The number of rotatable bonds is 0. The SMILES string of the molecule is CC(C)(C)c1cnc2c(c1)=CCN=2. The number of pyridine rings is 1. The first-order valence-electron chi connectivity index (χ1n) is 4.58. The third-order valence-electron chi connectivity index (χ3n) is 2.31. The van der Waals surface area contributed by atoms with Gasteiger partial charge in [-0.2, -0.15) is 0 Å². The Balaban J connectivity index is 2.62. The van der Waals surface area contributed by atoms with E-state index in [4.69, 9.17) is 0 Å². The van der Waals surface area contributed by atoms with Gasteiger partial charge in [-0.05, 0) is 17.0 Å². The zero-order chi connectivity index (χ0) is 9.47. The van der Waals surface area contributed by atoms with Crippen LogP contribution in [0.1, 0.15) is 26.3 Å². The summed E-state index contributed by atoms with van der Waals surface area (Å²) in [6.07, 6.45) is 4.05. The van der Waals surface area contributed by atoms with E-state index in [1.165, 1.54) is 10.8 Å². The molecule has 1 aliphatic heterocycles. The summed E-state index contributed by atoms with van der Waals surface area (Å²) >= 11 is 0. The van der Waals surface area contributed by atoms with E-state index >= 15 is 0 Å². The van der Waals surface area contributed by atoms with Crippen LogP contribution in [0.5, 0.6) is 0 Å². The van der Waals surface area contributed by atoms with E-state index in [1.54, 1.807) is 0 Å². The highest BCUT2D eigenvalue weighted by Crippen LogP contribution is 2.18. The second kappa shape index (κ2) is 2.66. The molecule has 68 valence electrons. The summed E-state index contributed by atoms with van der Waals surface area (Å²) in [5.74, 6) is 0. The molecule has 0 bridgehead atoms. The molecule has 0 spiro atoms. The third-order valence-corrected chi connectivity index (χ3v) is 2.31. The Morgan fingerprint density at radius 2 is 2.08 bits per heavy atom. The van der Waals surface area contributed by atoms with E-state index in [2.05, 4.69) is 42.9 Å². The Kier molecular flexibility index (Phi) is 1.72. The average Bonchev–Trinajstić information content (AvgIpc) is 2.47. The van der Waals surface area contributed by atoms with Crippen LogP contribution in [-0.2, 0) is 5.41 Å². The summed E-state index contributed by atoms with van der Waals surface area (Å²) in [6, 6.07) is 2.19. The lowest BCUT2D eigenvalue weighted by Crippen LogP contribution is -2.28. The summed E-state index contributed by atoms with van der Waals surface area (Å²) in [4.78, 5) is 8.58. The molecule has 2 nitrogen and oxygen atoms in total. The van der Waals surface area contributed by atoms with Crippen molar-refractivity contribution in [3.8, 4) is 0 Å². The van der Waals surface area contributed by atoms with E-state index in [1.807, 2.05) is 6.20 Å². The summed E-state index contributed by atoms with van der Waals surface area (Å²) < 4.78 is 0. The number of hydrogen-bond donors (Lipinski definition) is 0. The molecule has 2 rings (SSSR count). The number of nitrogens with zero attached hydrogens (tertiary/aromatic N) is 2. The molecule has 0 saturated heterocycles. The van der Waals surface area contributed by atoms with Crippen LogP contribution in [0.15, 0.2) is 17.3 Å². The lowest BCUT2D eigenvalue weighted by molar-refractivity contribution is 0.586. The maximum atomic E-state index is 4.33. The smallest absolute Gasteiger partial charge is 0.154 e. The number of hydrogen-bond acceptors (Lipinski definition) is 2. The van der Waals surface area contributed by atoms with Crippen molar-refractivity contribution < 1.29 is 0 Å². The Labute approximate surface area is 78.0 Å². The second-order valence-corrected chi connectivity index (χ2v) is 4.43. The molecule has 1 aromatic rings. The molecule has 1 aliphatic rings. The molecule has 0 saturated carbocycles. The Morgan fingerprint density at radius 1 is 1.31 bits per heavy atom. The summed E-state index contributed by atoms with van der Waals surface area (Å²) in [5, 5.41) is 1.19. The predicted molar refractivity (Wildman–Crippen MR) is 53.1 cm³/mol. The minimum atomic E-state index is 0.179. The fourth-order valence-electron chi connectivity index (χ4n) is 1.40. The quantitative estimate of drug-likeness (QED) is 0.571. The molecule has 0 aromatic carbocycles. The molecule has 0 aliphatic carbocycles. The van der Waals surface area contributed by atoms with Crippen LogP contribution in [0.25, 0.3) is 6.08 Å². The third kappa shape index (κ3) is 1.48. The van der Waals surface area contributed by atoms with Gasteiger partial charge in [-0.1, -0.05) is 26.8 Å². The molecule has 0 N–H and O–H groups in total. The van der Waals surface area contributed by atoms with Crippen LogP contribution < -0.4 is 10.7 Å². The Hall–Kier alpha value is -1.18. The van der Waals surface area contributed by atoms with Crippen molar-refractivity contribution in [3.05, 3.63) is 28.5 Å². The topological polar surface area (TPSA) is 25.2 Å². The number of fused-ring (bicyclic) bond motifs is 1. The lowest BCUT2D eigenvalue weighted by atomic mass is 9.88. The maximum Gasteiger partial charge on any atom is 0.154 e. The van der Waals surface area contributed by atoms with E-state index < -0.39 is 0 Å². The van der Waals surface area contributed by atoms with Gasteiger partial charge in [0.25, 0.3) is 0 Å². The van der Waals surface area contributed by atoms with Gasteiger partial charge >= 0.3 is 0 Å². The van der Waals surface area contributed by atoms with Gasteiger partial charge in [-0.25, -0.2) is 4.98 Å². The standard InChI is InChI=1S/C11H14N2/c1-11(2,3)9-6-8-4-5-12-10(8)13-7-9/h4,6-7H,5H2,1-3H3. The fourth-order valence-corrected chi connectivity index (χ4v) is 1.40. The van der Waals surface area contributed by atoms with Gasteiger partial charge in [0.2, 0.25) is 0 Å². The van der Waals surface area contributed by atoms with Crippen molar-refractivity contribution in [3.63, 3.8) is 0 Å². The first kappa shape index (κ1) is 8.42. The first-order chi connectivity index (χ1) is 6.07. The molecule has 0 fully saturated rings. The van der Waals surface area contributed by atoms with E-state index in [-0.39, 0.29) is 5.41 Å². The zero-order valence-electron chi connectivity index (χ0n) is 8.33. The molecule has 13 heavy (non-hydrogen) atoms. The summed E-state index contributed by atoms with van der Waals surface area (Å²) in [7, 11) is 0. The van der Waals surface area contributed by atoms with Gasteiger partial charge in [0.15, 0.2) is 5.49 Å². The Bertz CT molecular complexity index is 438. The van der Waals surface area contributed by atoms with Crippen LogP contribution in [0, 0.1) is 0 Å². The van der Waals surface area contributed by atoms with Crippen molar-refractivity contribution in [1.82, 2.24) is 4.98 Å². The van der Waals surface area contributed by atoms with Crippen molar-refractivity contribution in [2.24, 2.45) is 4.99 Å². The minimum absolute atomic E-state index is 0.179. The van der Waals surface area contributed by atoms with Gasteiger partial charge in [0.1, 0.15) is 0 Å². The molecular weight excluding hydrogens is 160 g/mol. The molecular formula is C11H14N2. The van der Waals surface area contributed by atoms with Crippen molar-refractivity contribution in [1.29, 1.82) is 0 Å². The highest BCUT2D eigenvalue weighted by atomic mass is 14.8. The van der Waals surface area contributed by atoms with E-state index in [9.17, 15) is 0 Å². The highest BCUT2D eigenvalue weighted by molar-refractivity contribution is 5.31. The summed E-state index contributed by atoms with van der Waals surface area (Å²) in [6.45, 7) is 7.38. The molecule has 2 heterocycles. The largest absolute Gasteiger partial charge is 0.262 e. The van der Waals surface area contributed by atoms with E-state index in [0.717, 1.165) is 12.0 Å². The van der Waals surface area contributed by atoms with Crippen LogP contribution in [0.3, 0.4) is 0 Å². The van der Waals surface area contributed by atoms with Crippen LogP contribution >= 0.6 is 0 Å². The highest BCUT2D eigenvalue weighted by Gasteiger charge is 2.14. The normalized spacial score (nSPS) is 14.7. The van der Waals surface area contributed by atoms with Crippen molar-refractivity contribution in [2.75, 3.05) is 6.54 Å². The fraction of sp³-hybridized carbons (Fsp3) is 0.455. The maximum absolute atomic E-state index is 4.33. The molecule has 0 radical (unpaired) electrons. The monoisotopic (exact) mass is 174 g/mol. The van der Waals surface area contributed by atoms with Gasteiger partial charge in [0, 0.05) is 11.4 Å². The molecule has 2 heteroatoms. The zero-order valence-corrected chi connectivity index (χ0v) is 8.33. The van der Waals surface area contributed by atoms with Crippen LogP contribution in [0.2, 0.25) is 0 Å². The van der Waals surface area contributed by atoms with Gasteiger partial charge in [-0.3, -0.25) is 4.99 Å². The second-order valence-electron chi connectivity index (χ2n) is 4.43. The van der Waals surface area contributed by atoms with Crippen molar-refractivity contribution in [2.45, 2.75) is 26.2 Å². The van der Waals surface area contributed by atoms with Crippen molar-refractivity contribution >= 4 is 6.08 Å². The molecule has 0 atom stereocenters. The van der Waals surface area contributed by atoms with Crippen LogP contribution in [0.4, 0.5) is 0 Å². The van der Waals surface area contributed by atoms with E-state index in [0.29, 0.717) is 0 Å². The summed E-state index contributed by atoms with van der Waals surface area (Å²) in [5.41, 5.74) is 2.35. The number of aromatic nitrogens is 1. The molecule has 0 amide bonds. The lowest BCUT2D eigenvalue weighted by Gasteiger charge is -2.17. The van der Waals surface area contributed by atoms with Gasteiger partial charge in [0.05, 0.1) is 6.54 Å². The van der Waals surface area contributed by atoms with Crippen LogP contribution in [-0.4, -0.2) is 11.5 Å². The molecule has 1 aromatic heterocycles. The Morgan fingerprint density at radius 3 is 2.77 bits per heavy atom. The van der Waals surface area contributed by atoms with Gasteiger partial charge in [-0.15, -0.1) is 0 Å². The minimum Gasteiger partial charge on any atom is -0.262 e. The molecule has 0 unspecified atom stereocenters. The first-order valence-corrected chi connectivity index (χ1v) is 4.58. The van der Waals surface area contributed by atoms with Gasteiger partial charge < -0.3 is 0 Å².